The Labute approximate surface area is 148 Å². The van der Waals surface area contributed by atoms with Crippen LogP contribution < -0.4 is 0 Å². The van der Waals surface area contributed by atoms with Crippen molar-refractivity contribution in [1.82, 2.24) is 15.2 Å². The zero-order chi connectivity index (χ0) is 16.5. The molecule has 0 unspecified atom stereocenters. The maximum atomic E-state index is 6.06. The van der Waals surface area contributed by atoms with Crippen molar-refractivity contribution in [2.24, 2.45) is 0 Å². The summed E-state index contributed by atoms with van der Waals surface area (Å²) in [5.41, 5.74) is 2.65. The van der Waals surface area contributed by atoms with Crippen LogP contribution in [0.4, 0.5) is 0 Å². The van der Waals surface area contributed by atoms with Gasteiger partial charge in [0.05, 0.1) is 23.3 Å². The number of nitrogens with one attached hydrogen (secondary N) is 1. The van der Waals surface area contributed by atoms with Crippen LogP contribution in [0.2, 0.25) is 10.0 Å². The van der Waals surface area contributed by atoms with Gasteiger partial charge in [-0.3, -0.25) is 5.10 Å². The number of ether oxygens (including phenoxy) is 2. The summed E-state index contributed by atoms with van der Waals surface area (Å²) in [6.07, 6.45) is -0.321. The van der Waals surface area contributed by atoms with Crippen molar-refractivity contribution < 1.29 is 9.47 Å². The summed E-state index contributed by atoms with van der Waals surface area (Å²) >= 11 is 12.0. The fourth-order valence-electron chi connectivity index (χ4n) is 2.54. The predicted molar refractivity (Wildman–Crippen MR) is 91.9 cm³/mol. The first-order valence-electron chi connectivity index (χ1n) is 7.42. The van der Waals surface area contributed by atoms with Crippen molar-refractivity contribution in [1.29, 1.82) is 0 Å². The summed E-state index contributed by atoms with van der Waals surface area (Å²) in [6, 6.07) is 13.1. The summed E-state index contributed by atoms with van der Waals surface area (Å²) < 4.78 is 11.1. The molecule has 7 heteroatoms. The lowest BCUT2D eigenvalue weighted by Gasteiger charge is -2.09. The number of halogens is 2. The van der Waals surface area contributed by atoms with E-state index in [0.717, 1.165) is 16.7 Å². The Morgan fingerprint density at radius 1 is 0.958 bits per heavy atom. The van der Waals surface area contributed by atoms with Gasteiger partial charge >= 0.3 is 0 Å². The Morgan fingerprint density at radius 3 is 2.58 bits per heavy atom. The molecule has 1 N–H and O–H groups in total. The second-order valence-corrected chi connectivity index (χ2v) is 6.15. The molecule has 1 saturated heterocycles. The highest BCUT2D eigenvalue weighted by molar-refractivity contribution is 6.42. The second-order valence-electron chi connectivity index (χ2n) is 5.34. The highest BCUT2D eigenvalue weighted by Gasteiger charge is 2.19. The summed E-state index contributed by atoms with van der Waals surface area (Å²) in [6.45, 7) is 1.22. The van der Waals surface area contributed by atoms with Crippen LogP contribution in [-0.4, -0.2) is 28.4 Å². The third-order valence-electron chi connectivity index (χ3n) is 3.72. The normalized spacial score (nSPS) is 15.1. The van der Waals surface area contributed by atoms with E-state index in [9.17, 15) is 0 Å². The van der Waals surface area contributed by atoms with Gasteiger partial charge < -0.3 is 9.47 Å². The predicted octanol–water partition coefficient (Wildman–Crippen LogP) is 4.49. The minimum absolute atomic E-state index is 0.321. The molecular formula is C17H13Cl2N3O2. The van der Waals surface area contributed by atoms with Gasteiger partial charge in [0.15, 0.2) is 17.9 Å². The van der Waals surface area contributed by atoms with Gasteiger partial charge in [-0.25, -0.2) is 4.98 Å². The van der Waals surface area contributed by atoms with E-state index in [4.69, 9.17) is 32.7 Å². The van der Waals surface area contributed by atoms with Crippen LogP contribution in [0.1, 0.15) is 11.9 Å². The number of aromatic amines is 1. The number of rotatable bonds is 3. The molecule has 0 atom stereocenters. The van der Waals surface area contributed by atoms with Crippen molar-refractivity contribution in [3.05, 3.63) is 58.1 Å². The molecule has 1 fully saturated rings. The van der Waals surface area contributed by atoms with Gasteiger partial charge in [-0.1, -0.05) is 41.4 Å². The summed E-state index contributed by atoms with van der Waals surface area (Å²) in [7, 11) is 0. The Balaban J connectivity index is 1.64. The fourth-order valence-corrected chi connectivity index (χ4v) is 2.84. The van der Waals surface area contributed by atoms with Crippen molar-refractivity contribution in [3.8, 4) is 22.8 Å². The molecule has 3 aromatic rings. The summed E-state index contributed by atoms with van der Waals surface area (Å²) in [5, 5.41) is 8.20. The van der Waals surface area contributed by atoms with E-state index in [0.29, 0.717) is 34.9 Å². The van der Waals surface area contributed by atoms with Crippen LogP contribution in [0, 0.1) is 0 Å². The minimum Gasteiger partial charge on any atom is -0.346 e. The molecule has 2 heterocycles. The van der Waals surface area contributed by atoms with Crippen molar-refractivity contribution in [2.45, 2.75) is 6.29 Å². The lowest BCUT2D eigenvalue weighted by molar-refractivity contribution is -0.0440. The highest BCUT2D eigenvalue weighted by Crippen LogP contribution is 2.29. The maximum absolute atomic E-state index is 6.06. The maximum Gasteiger partial charge on any atom is 0.184 e. The number of benzene rings is 2. The third-order valence-corrected chi connectivity index (χ3v) is 4.46. The summed E-state index contributed by atoms with van der Waals surface area (Å²) in [5.74, 6) is 1.22. The van der Waals surface area contributed by atoms with Crippen molar-refractivity contribution in [3.63, 3.8) is 0 Å². The van der Waals surface area contributed by atoms with Gasteiger partial charge in [-0.05, 0) is 24.3 Å². The molecule has 0 bridgehead atoms. The van der Waals surface area contributed by atoms with Gasteiger partial charge in [0.2, 0.25) is 0 Å². The van der Waals surface area contributed by atoms with E-state index in [1.54, 1.807) is 12.1 Å². The molecule has 4 rings (SSSR count). The third kappa shape index (κ3) is 3.03. The van der Waals surface area contributed by atoms with E-state index in [-0.39, 0.29) is 6.29 Å². The van der Waals surface area contributed by atoms with Crippen LogP contribution in [0.15, 0.2) is 42.5 Å². The number of nitrogens with zero attached hydrogens (tertiary/aromatic N) is 2. The Bertz CT molecular complexity index is 876. The molecule has 0 radical (unpaired) electrons. The van der Waals surface area contributed by atoms with Crippen LogP contribution in [0.3, 0.4) is 0 Å². The second kappa shape index (κ2) is 6.53. The fraction of sp³-hybridized carbons (Fsp3) is 0.176. The summed E-state index contributed by atoms with van der Waals surface area (Å²) in [4.78, 5) is 4.54. The molecule has 0 saturated carbocycles. The first-order chi connectivity index (χ1) is 11.7. The molecule has 5 nitrogen and oxygen atoms in total. The number of H-pyrrole nitrogens is 1. The molecular weight excluding hydrogens is 349 g/mol. The average Bonchev–Trinajstić information content (AvgIpc) is 3.29. The first-order valence-corrected chi connectivity index (χ1v) is 8.18. The monoisotopic (exact) mass is 361 g/mol. The van der Waals surface area contributed by atoms with Gasteiger partial charge in [-0.15, -0.1) is 0 Å². The van der Waals surface area contributed by atoms with E-state index in [2.05, 4.69) is 15.2 Å². The zero-order valence-electron chi connectivity index (χ0n) is 12.5. The number of hydrogen-bond donors (Lipinski definition) is 1. The van der Waals surface area contributed by atoms with Gasteiger partial charge in [-0.2, -0.15) is 5.10 Å². The van der Waals surface area contributed by atoms with Crippen LogP contribution in [0.25, 0.3) is 22.8 Å². The first kappa shape index (κ1) is 15.6. The molecule has 122 valence electrons. The van der Waals surface area contributed by atoms with Crippen molar-refractivity contribution in [2.75, 3.05) is 13.2 Å². The molecule has 0 spiro atoms. The molecule has 1 aliphatic rings. The standard InChI is InChI=1S/C17H13Cl2N3O2/c18-13-5-4-11(9-14(13)19)16-20-15(21-22-16)10-2-1-3-12(8-10)17-23-6-7-24-17/h1-5,8-9,17H,6-7H2,(H,20,21,22). The van der Waals surface area contributed by atoms with Gasteiger partial charge in [0.1, 0.15) is 0 Å². The Hall–Kier alpha value is -1.92. The molecule has 24 heavy (non-hydrogen) atoms. The number of hydrogen-bond acceptors (Lipinski definition) is 4. The quantitative estimate of drug-likeness (QED) is 0.746. The lowest BCUT2D eigenvalue weighted by Crippen LogP contribution is -1.98. The SMILES string of the molecule is Clc1ccc(-c2nc(-c3cccc(C4OCCO4)c3)n[nH]2)cc1Cl. The Kier molecular flexibility index (Phi) is 4.24. The van der Waals surface area contributed by atoms with Gasteiger partial charge in [0, 0.05) is 16.7 Å². The highest BCUT2D eigenvalue weighted by atomic mass is 35.5. The van der Waals surface area contributed by atoms with Crippen LogP contribution in [0.5, 0.6) is 0 Å². The molecule has 2 aromatic carbocycles. The van der Waals surface area contributed by atoms with E-state index in [1.807, 2.05) is 30.3 Å². The van der Waals surface area contributed by atoms with E-state index < -0.39 is 0 Å². The van der Waals surface area contributed by atoms with Crippen LogP contribution >= 0.6 is 23.2 Å². The average molecular weight is 362 g/mol. The largest absolute Gasteiger partial charge is 0.346 e. The molecule has 0 aliphatic carbocycles. The van der Waals surface area contributed by atoms with Gasteiger partial charge in [0.25, 0.3) is 0 Å². The van der Waals surface area contributed by atoms with Crippen molar-refractivity contribution >= 4 is 23.2 Å². The zero-order valence-corrected chi connectivity index (χ0v) is 14.0. The minimum atomic E-state index is -0.321. The smallest absolute Gasteiger partial charge is 0.184 e. The molecule has 1 aliphatic heterocycles. The Morgan fingerprint density at radius 2 is 1.79 bits per heavy atom. The lowest BCUT2D eigenvalue weighted by atomic mass is 10.1. The van der Waals surface area contributed by atoms with E-state index >= 15 is 0 Å². The van der Waals surface area contributed by atoms with Crippen LogP contribution in [-0.2, 0) is 9.47 Å². The van der Waals surface area contributed by atoms with E-state index in [1.165, 1.54) is 0 Å². The molecule has 0 amide bonds. The number of aromatic nitrogens is 3. The topological polar surface area (TPSA) is 60.0 Å². The molecule has 1 aromatic heterocycles.